The molecule has 3 N–H and O–H groups in total. The topological polar surface area (TPSA) is 81.2 Å². The molecule has 0 unspecified atom stereocenters. The standard InChI is InChI=1S/C10H13N3O2/c11-9-5-7-1-3-12-4-2-8(7)6-10(9)13(14)15/h5-6,12H,1-4,11H2. The Kier molecular flexibility index (Phi) is 2.55. The van der Waals surface area contributed by atoms with Crippen LogP contribution in [0.5, 0.6) is 0 Å². The van der Waals surface area contributed by atoms with E-state index < -0.39 is 4.92 Å². The Morgan fingerprint density at radius 1 is 1.27 bits per heavy atom. The Morgan fingerprint density at radius 2 is 1.87 bits per heavy atom. The van der Waals surface area contributed by atoms with Crippen LogP contribution in [-0.4, -0.2) is 18.0 Å². The SMILES string of the molecule is Nc1cc2c(cc1[N+](=O)[O-])CCNCC2. The van der Waals surface area contributed by atoms with Gasteiger partial charge in [0.15, 0.2) is 0 Å². The lowest BCUT2D eigenvalue weighted by Crippen LogP contribution is -2.16. The number of benzene rings is 1. The summed E-state index contributed by atoms with van der Waals surface area (Å²) in [5.41, 5.74) is 8.09. The first-order valence-corrected chi connectivity index (χ1v) is 4.95. The lowest BCUT2D eigenvalue weighted by molar-refractivity contribution is -0.384. The molecule has 5 nitrogen and oxygen atoms in total. The molecule has 2 rings (SSSR count). The number of rotatable bonds is 1. The highest BCUT2D eigenvalue weighted by Gasteiger charge is 2.16. The highest BCUT2D eigenvalue weighted by molar-refractivity contribution is 5.61. The molecular formula is C10H13N3O2. The van der Waals surface area contributed by atoms with E-state index in [2.05, 4.69) is 5.32 Å². The third-order valence-corrected chi connectivity index (χ3v) is 2.69. The third-order valence-electron chi connectivity index (χ3n) is 2.69. The number of anilines is 1. The minimum Gasteiger partial charge on any atom is -0.393 e. The maximum Gasteiger partial charge on any atom is 0.292 e. The van der Waals surface area contributed by atoms with Crippen LogP contribution in [-0.2, 0) is 12.8 Å². The largest absolute Gasteiger partial charge is 0.393 e. The number of nitrogens with two attached hydrogens (primary N) is 1. The van der Waals surface area contributed by atoms with Crippen molar-refractivity contribution in [2.45, 2.75) is 12.8 Å². The minimum absolute atomic E-state index is 0.0238. The van der Waals surface area contributed by atoms with Crippen LogP contribution in [0.4, 0.5) is 11.4 Å². The summed E-state index contributed by atoms with van der Waals surface area (Å²) in [5.74, 6) is 0. The molecule has 0 amide bonds. The van der Waals surface area contributed by atoms with Gasteiger partial charge in [-0.05, 0) is 43.1 Å². The van der Waals surface area contributed by atoms with E-state index in [1.807, 2.05) is 0 Å². The van der Waals surface area contributed by atoms with Gasteiger partial charge in [0.1, 0.15) is 5.69 Å². The number of hydrogen-bond acceptors (Lipinski definition) is 4. The number of nitro groups is 1. The van der Waals surface area contributed by atoms with Gasteiger partial charge in [-0.2, -0.15) is 0 Å². The fraction of sp³-hybridized carbons (Fsp3) is 0.400. The van der Waals surface area contributed by atoms with Gasteiger partial charge >= 0.3 is 0 Å². The smallest absolute Gasteiger partial charge is 0.292 e. The van der Waals surface area contributed by atoms with Crippen molar-refractivity contribution in [1.82, 2.24) is 5.32 Å². The van der Waals surface area contributed by atoms with E-state index in [-0.39, 0.29) is 11.4 Å². The number of fused-ring (bicyclic) bond motifs is 1. The van der Waals surface area contributed by atoms with Crippen LogP contribution in [0.1, 0.15) is 11.1 Å². The lowest BCUT2D eigenvalue weighted by atomic mass is 10.0. The van der Waals surface area contributed by atoms with E-state index in [0.717, 1.165) is 37.1 Å². The minimum atomic E-state index is -0.423. The Hall–Kier alpha value is -1.62. The zero-order chi connectivity index (χ0) is 10.8. The van der Waals surface area contributed by atoms with Gasteiger partial charge in [-0.1, -0.05) is 0 Å². The first-order chi connectivity index (χ1) is 7.18. The van der Waals surface area contributed by atoms with Crippen LogP contribution in [0.15, 0.2) is 12.1 Å². The van der Waals surface area contributed by atoms with Gasteiger partial charge in [0.05, 0.1) is 4.92 Å². The number of nitro benzene ring substituents is 1. The summed E-state index contributed by atoms with van der Waals surface area (Å²) in [5, 5.41) is 14.0. The Balaban J connectivity index is 2.47. The molecule has 0 saturated heterocycles. The van der Waals surface area contributed by atoms with E-state index >= 15 is 0 Å². The molecule has 1 heterocycles. The molecule has 0 spiro atoms. The predicted molar refractivity (Wildman–Crippen MR) is 57.8 cm³/mol. The van der Waals surface area contributed by atoms with Gasteiger partial charge in [-0.3, -0.25) is 10.1 Å². The van der Waals surface area contributed by atoms with E-state index in [0.29, 0.717) is 0 Å². The van der Waals surface area contributed by atoms with Crippen molar-refractivity contribution in [2.75, 3.05) is 18.8 Å². The molecule has 0 bridgehead atoms. The summed E-state index contributed by atoms with van der Waals surface area (Å²) in [4.78, 5) is 10.3. The highest BCUT2D eigenvalue weighted by Crippen LogP contribution is 2.27. The van der Waals surface area contributed by atoms with Crippen LogP contribution < -0.4 is 11.1 Å². The molecule has 1 aromatic rings. The molecule has 0 atom stereocenters. The van der Waals surface area contributed by atoms with Crippen molar-refractivity contribution in [3.8, 4) is 0 Å². The zero-order valence-electron chi connectivity index (χ0n) is 8.32. The third kappa shape index (κ3) is 1.92. The molecule has 0 aliphatic carbocycles. The normalized spacial score (nSPS) is 15.5. The molecule has 1 aliphatic rings. The Bertz CT molecular complexity index is 404. The van der Waals surface area contributed by atoms with Crippen LogP contribution in [0, 0.1) is 10.1 Å². The van der Waals surface area contributed by atoms with Crippen LogP contribution in [0.25, 0.3) is 0 Å². The van der Waals surface area contributed by atoms with E-state index in [9.17, 15) is 10.1 Å². The van der Waals surface area contributed by atoms with Gasteiger partial charge in [0.2, 0.25) is 0 Å². The molecule has 0 fully saturated rings. The molecule has 1 aliphatic heterocycles. The van der Waals surface area contributed by atoms with Crippen molar-refractivity contribution >= 4 is 11.4 Å². The predicted octanol–water partition coefficient (Wildman–Crippen LogP) is 0.865. The fourth-order valence-corrected chi connectivity index (χ4v) is 1.89. The van der Waals surface area contributed by atoms with Crippen LogP contribution in [0.3, 0.4) is 0 Å². The first-order valence-electron chi connectivity index (χ1n) is 4.95. The van der Waals surface area contributed by atoms with Crippen molar-refractivity contribution in [2.24, 2.45) is 0 Å². The van der Waals surface area contributed by atoms with Gasteiger partial charge in [0, 0.05) is 6.07 Å². The quantitative estimate of drug-likeness (QED) is 0.406. The zero-order valence-corrected chi connectivity index (χ0v) is 8.32. The summed E-state index contributed by atoms with van der Waals surface area (Å²) >= 11 is 0. The number of hydrogen-bond donors (Lipinski definition) is 2. The maximum absolute atomic E-state index is 10.7. The fourth-order valence-electron chi connectivity index (χ4n) is 1.89. The number of nitrogens with zero attached hydrogens (tertiary/aromatic N) is 1. The number of nitrogen functional groups attached to an aromatic ring is 1. The van der Waals surface area contributed by atoms with Crippen molar-refractivity contribution < 1.29 is 4.92 Å². The second-order valence-electron chi connectivity index (χ2n) is 3.69. The van der Waals surface area contributed by atoms with Gasteiger partial charge in [0.25, 0.3) is 5.69 Å². The van der Waals surface area contributed by atoms with Crippen molar-refractivity contribution in [3.63, 3.8) is 0 Å². The average molecular weight is 207 g/mol. The van der Waals surface area contributed by atoms with Gasteiger partial charge in [-0.15, -0.1) is 0 Å². The molecule has 1 aromatic carbocycles. The number of nitrogens with one attached hydrogen (secondary N) is 1. The average Bonchev–Trinajstić information content (AvgIpc) is 2.40. The maximum atomic E-state index is 10.7. The molecule has 0 saturated carbocycles. The summed E-state index contributed by atoms with van der Waals surface area (Å²) < 4.78 is 0. The van der Waals surface area contributed by atoms with Crippen molar-refractivity contribution in [3.05, 3.63) is 33.4 Å². The second-order valence-corrected chi connectivity index (χ2v) is 3.69. The molecule has 0 radical (unpaired) electrons. The second kappa shape index (κ2) is 3.86. The summed E-state index contributed by atoms with van der Waals surface area (Å²) in [6, 6.07) is 3.35. The lowest BCUT2D eigenvalue weighted by Gasteiger charge is -2.06. The summed E-state index contributed by atoms with van der Waals surface area (Å²) in [6.07, 6.45) is 1.72. The van der Waals surface area contributed by atoms with E-state index in [4.69, 9.17) is 5.73 Å². The molecule has 0 aromatic heterocycles. The highest BCUT2D eigenvalue weighted by atomic mass is 16.6. The van der Waals surface area contributed by atoms with Crippen molar-refractivity contribution in [1.29, 1.82) is 0 Å². The monoisotopic (exact) mass is 207 g/mol. The van der Waals surface area contributed by atoms with Crippen LogP contribution in [0.2, 0.25) is 0 Å². The molecule has 80 valence electrons. The first kappa shape index (κ1) is 9.92. The Morgan fingerprint density at radius 3 is 2.47 bits per heavy atom. The van der Waals surface area contributed by atoms with Gasteiger partial charge in [-0.25, -0.2) is 0 Å². The van der Waals surface area contributed by atoms with E-state index in [1.165, 1.54) is 0 Å². The molecule has 15 heavy (non-hydrogen) atoms. The summed E-state index contributed by atoms with van der Waals surface area (Å²) in [6.45, 7) is 1.78. The Labute approximate surface area is 87.4 Å². The summed E-state index contributed by atoms with van der Waals surface area (Å²) in [7, 11) is 0. The van der Waals surface area contributed by atoms with Crippen LogP contribution >= 0.6 is 0 Å². The molecular weight excluding hydrogens is 194 g/mol. The molecule has 5 heteroatoms. The van der Waals surface area contributed by atoms with E-state index in [1.54, 1.807) is 12.1 Å². The van der Waals surface area contributed by atoms with Gasteiger partial charge < -0.3 is 11.1 Å².